The van der Waals surface area contributed by atoms with E-state index in [1.54, 1.807) is 24.3 Å². The minimum atomic E-state index is -1.27. The van der Waals surface area contributed by atoms with Gasteiger partial charge in [0, 0.05) is 15.6 Å². The highest BCUT2D eigenvalue weighted by atomic mass is 35.5. The number of hydrogen-bond acceptors (Lipinski definition) is 2. The SMILES string of the molecule is Nc1ccc(F)cc1CS(=O)c1ccc(Cl)cc1. The van der Waals surface area contributed by atoms with E-state index in [0.29, 0.717) is 21.2 Å². The van der Waals surface area contributed by atoms with Gasteiger partial charge in [0.1, 0.15) is 5.82 Å². The van der Waals surface area contributed by atoms with Gasteiger partial charge in [-0.3, -0.25) is 4.21 Å². The van der Waals surface area contributed by atoms with E-state index in [-0.39, 0.29) is 11.6 Å². The normalized spacial score (nSPS) is 12.3. The fraction of sp³-hybridized carbons (Fsp3) is 0.0769. The van der Waals surface area contributed by atoms with E-state index in [1.807, 2.05) is 0 Å². The molecule has 0 fully saturated rings. The van der Waals surface area contributed by atoms with Crippen molar-refractivity contribution in [3.05, 3.63) is 58.9 Å². The molecule has 2 aromatic rings. The first kappa shape index (κ1) is 13.1. The predicted molar refractivity (Wildman–Crippen MR) is 72.4 cm³/mol. The topological polar surface area (TPSA) is 43.1 Å². The van der Waals surface area contributed by atoms with Gasteiger partial charge in [-0.25, -0.2) is 4.39 Å². The Kier molecular flexibility index (Phi) is 3.99. The average Bonchev–Trinajstić information content (AvgIpc) is 2.34. The molecule has 0 radical (unpaired) electrons. The van der Waals surface area contributed by atoms with Crippen molar-refractivity contribution in [2.24, 2.45) is 0 Å². The van der Waals surface area contributed by atoms with Crippen molar-refractivity contribution in [3.8, 4) is 0 Å². The summed E-state index contributed by atoms with van der Waals surface area (Å²) in [5.41, 5.74) is 6.71. The second-order valence-corrected chi connectivity index (χ2v) is 5.67. The molecule has 0 aliphatic carbocycles. The zero-order valence-corrected chi connectivity index (χ0v) is 11.0. The lowest BCUT2D eigenvalue weighted by Gasteiger charge is -2.06. The molecule has 0 saturated heterocycles. The molecule has 1 atom stereocenters. The van der Waals surface area contributed by atoms with Crippen LogP contribution in [0.5, 0.6) is 0 Å². The van der Waals surface area contributed by atoms with Crippen LogP contribution in [0.15, 0.2) is 47.4 Å². The lowest BCUT2D eigenvalue weighted by atomic mass is 10.2. The molecule has 2 nitrogen and oxygen atoms in total. The monoisotopic (exact) mass is 283 g/mol. The Labute approximate surface area is 112 Å². The second-order valence-electron chi connectivity index (χ2n) is 3.79. The molecular formula is C13H11ClFNOS. The van der Waals surface area contributed by atoms with Crippen molar-refractivity contribution >= 4 is 28.1 Å². The average molecular weight is 284 g/mol. The zero-order chi connectivity index (χ0) is 13.1. The van der Waals surface area contributed by atoms with Crippen molar-refractivity contribution in [2.75, 3.05) is 5.73 Å². The first-order chi connectivity index (χ1) is 8.56. The van der Waals surface area contributed by atoms with Crippen molar-refractivity contribution in [1.82, 2.24) is 0 Å². The summed E-state index contributed by atoms with van der Waals surface area (Å²) in [7, 11) is -1.27. The summed E-state index contributed by atoms with van der Waals surface area (Å²) in [6.07, 6.45) is 0. The summed E-state index contributed by atoms with van der Waals surface area (Å²) < 4.78 is 25.2. The number of nitrogen functional groups attached to an aromatic ring is 1. The lowest BCUT2D eigenvalue weighted by Crippen LogP contribution is -2.01. The van der Waals surface area contributed by atoms with Crippen molar-refractivity contribution in [1.29, 1.82) is 0 Å². The van der Waals surface area contributed by atoms with Gasteiger partial charge in [0.25, 0.3) is 0 Å². The third-order valence-electron chi connectivity index (χ3n) is 2.47. The quantitative estimate of drug-likeness (QED) is 0.878. The highest BCUT2D eigenvalue weighted by Gasteiger charge is 2.08. The standard InChI is InChI=1S/C13H11ClFNOS/c14-10-1-4-12(5-2-10)18(17)8-9-7-11(15)3-6-13(9)16/h1-7H,8,16H2. The third-order valence-corrected chi connectivity index (χ3v) is 4.09. The third kappa shape index (κ3) is 3.09. The Morgan fingerprint density at radius 1 is 1.17 bits per heavy atom. The largest absolute Gasteiger partial charge is 0.398 e. The van der Waals surface area contributed by atoms with Gasteiger partial charge < -0.3 is 5.73 Å². The number of hydrogen-bond donors (Lipinski definition) is 1. The van der Waals surface area contributed by atoms with Gasteiger partial charge in [0.15, 0.2) is 0 Å². The highest BCUT2D eigenvalue weighted by Crippen LogP contribution is 2.19. The molecule has 94 valence electrons. The van der Waals surface area contributed by atoms with Crippen LogP contribution in [0.4, 0.5) is 10.1 Å². The van der Waals surface area contributed by atoms with Crippen LogP contribution in [0, 0.1) is 5.82 Å². The molecule has 5 heteroatoms. The Bertz CT molecular complexity index is 586. The molecule has 2 rings (SSSR count). The Balaban J connectivity index is 2.21. The molecule has 0 aromatic heterocycles. The molecule has 0 aliphatic rings. The van der Waals surface area contributed by atoms with E-state index in [1.165, 1.54) is 18.2 Å². The van der Waals surface area contributed by atoms with Crippen LogP contribution in [0.3, 0.4) is 0 Å². The van der Waals surface area contributed by atoms with Gasteiger partial charge in [-0.05, 0) is 48.0 Å². The molecule has 0 heterocycles. The number of rotatable bonds is 3. The smallest absolute Gasteiger partial charge is 0.123 e. The van der Waals surface area contributed by atoms with Crippen LogP contribution in [0.1, 0.15) is 5.56 Å². The number of benzene rings is 2. The first-order valence-electron chi connectivity index (χ1n) is 5.24. The maximum absolute atomic E-state index is 13.1. The molecule has 2 N–H and O–H groups in total. The summed E-state index contributed by atoms with van der Waals surface area (Å²) in [5.74, 6) is -0.196. The van der Waals surface area contributed by atoms with E-state index >= 15 is 0 Å². The maximum atomic E-state index is 13.1. The molecule has 0 spiro atoms. The zero-order valence-electron chi connectivity index (χ0n) is 9.40. The van der Waals surface area contributed by atoms with Crippen LogP contribution in [-0.2, 0) is 16.6 Å². The first-order valence-corrected chi connectivity index (χ1v) is 6.94. The molecule has 0 bridgehead atoms. The molecular weight excluding hydrogens is 273 g/mol. The number of anilines is 1. The Morgan fingerprint density at radius 2 is 1.83 bits per heavy atom. The number of halogens is 2. The second kappa shape index (κ2) is 5.50. The molecule has 2 aromatic carbocycles. The van der Waals surface area contributed by atoms with Crippen molar-refractivity contribution in [3.63, 3.8) is 0 Å². The van der Waals surface area contributed by atoms with Crippen LogP contribution in [0.2, 0.25) is 5.02 Å². The maximum Gasteiger partial charge on any atom is 0.123 e. The van der Waals surface area contributed by atoms with Gasteiger partial charge in [-0.15, -0.1) is 0 Å². The van der Waals surface area contributed by atoms with E-state index in [4.69, 9.17) is 17.3 Å². The van der Waals surface area contributed by atoms with Crippen LogP contribution in [0.25, 0.3) is 0 Å². The van der Waals surface area contributed by atoms with Crippen molar-refractivity contribution < 1.29 is 8.60 Å². The van der Waals surface area contributed by atoms with Gasteiger partial charge in [-0.1, -0.05) is 11.6 Å². The van der Waals surface area contributed by atoms with E-state index < -0.39 is 10.8 Å². The van der Waals surface area contributed by atoms with E-state index in [9.17, 15) is 8.60 Å². The fourth-order valence-electron chi connectivity index (χ4n) is 1.51. The van der Waals surface area contributed by atoms with Gasteiger partial charge in [0.05, 0.1) is 16.6 Å². The fourth-order valence-corrected chi connectivity index (χ4v) is 2.78. The predicted octanol–water partition coefficient (Wildman–Crippen LogP) is 3.37. The highest BCUT2D eigenvalue weighted by molar-refractivity contribution is 7.84. The minimum Gasteiger partial charge on any atom is -0.398 e. The van der Waals surface area contributed by atoms with E-state index in [0.717, 1.165) is 0 Å². The summed E-state index contributed by atoms with van der Waals surface area (Å²) in [5, 5.41) is 0.584. The van der Waals surface area contributed by atoms with Gasteiger partial charge >= 0.3 is 0 Å². The molecule has 1 unspecified atom stereocenters. The van der Waals surface area contributed by atoms with Crippen LogP contribution >= 0.6 is 11.6 Å². The van der Waals surface area contributed by atoms with Gasteiger partial charge in [0.2, 0.25) is 0 Å². The summed E-state index contributed by atoms with van der Waals surface area (Å²) >= 11 is 5.75. The van der Waals surface area contributed by atoms with Crippen molar-refractivity contribution in [2.45, 2.75) is 10.6 Å². The Hall–Kier alpha value is -1.39. The molecule has 0 amide bonds. The molecule has 18 heavy (non-hydrogen) atoms. The molecule has 0 aliphatic heterocycles. The summed E-state index contributed by atoms with van der Waals surface area (Å²) in [6.45, 7) is 0. The molecule has 0 saturated carbocycles. The Morgan fingerprint density at radius 3 is 2.50 bits per heavy atom. The minimum absolute atomic E-state index is 0.186. The summed E-state index contributed by atoms with van der Waals surface area (Å²) in [6, 6.07) is 10.8. The van der Waals surface area contributed by atoms with Crippen LogP contribution in [-0.4, -0.2) is 4.21 Å². The summed E-state index contributed by atoms with van der Waals surface area (Å²) in [4.78, 5) is 0.642. The lowest BCUT2D eigenvalue weighted by molar-refractivity contribution is 0.626. The van der Waals surface area contributed by atoms with Crippen LogP contribution < -0.4 is 5.73 Å². The van der Waals surface area contributed by atoms with Gasteiger partial charge in [-0.2, -0.15) is 0 Å². The van der Waals surface area contributed by atoms with E-state index in [2.05, 4.69) is 0 Å². The number of nitrogens with two attached hydrogens (primary N) is 1.